The second-order valence-corrected chi connectivity index (χ2v) is 4.78. The Balaban J connectivity index is 2.07. The van der Waals surface area contributed by atoms with Gasteiger partial charge in [-0.1, -0.05) is 0 Å². The minimum absolute atomic E-state index is 0.0195. The summed E-state index contributed by atoms with van der Waals surface area (Å²) in [6.45, 7) is -0.394. The van der Waals surface area contributed by atoms with Crippen molar-refractivity contribution in [1.29, 1.82) is 0 Å². The second kappa shape index (κ2) is 5.11. The van der Waals surface area contributed by atoms with Crippen LogP contribution in [0.1, 0.15) is 6.23 Å². The number of aliphatic hydroxyl groups excluding tert-OH is 3. The summed E-state index contributed by atoms with van der Waals surface area (Å²) in [6, 6.07) is 1.70. The number of aromatic nitrogens is 3. The summed E-state index contributed by atoms with van der Waals surface area (Å²) in [5, 5.41) is 29.6. The number of anilines is 1. The third-order valence-electron chi connectivity index (χ3n) is 3.54. The third kappa shape index (κ3) is 2.10. The number of methoxy groups -OCH3 is 1. The average Bonchev–Trinajstić information content (AvgIpc) is 3.01. The van der Waals surface area contributed by atoms with Gasteiger partial charge < -0.3 is 35.1 Å². The van der Waals surface area contributed by atoms with Gasteiger partial charge in [-0.2, -0.15) is 9.97 Å². The largest absolute Gasteiger partial charge is 0.480 e. The van der Waals surface area contributed by atoms with Gasteiger partial charge in [-0.3, -0.25) is 0 Å². The second-order valence-electron chi connectivity index (χ2n) is 4.78. The van der Waals surface area contributed by atoms with Gasteiger partial charge in [-0.25, -0.2) is 0 Å². The van der Waals surface area contributed by atoms with E-state index in [1.807, 2.05) is 0 Å². The number of hydrogen-bond donors (Lipinski definition) is 4. The molecule has 2 aromatic heterocycles. The standard InChI is InChI=1S/C12H16N4O5/c1-20-10-5-2-3-16(9(5)14-12(13)15-10)11-8(19)7(18)6(4-17)21-11/h2-3,6-8,11,17-19H,4H2,1H3,(H2,13,14,15)/t6-,7+,8+,11-/m1/s1. The SMILES string of the molecule is COc1nc(N)nc2c1ccn2[C@@H]1O[C@H](CO)[C@H](O)[C@@H]1O. The van der Waals surface area contributed by atoms with Gasteiger partial charge in [-0.05, 0) is 6.07 Å². The Morgan fingerprint density at radius 1 is 1.38 bits per heavy atom. The Labute approximate surface area is 119 Å². The molecule has 0 unspecified atom stereocenters. The van der Waals surface area contributed by atoms with Crippen molar-refractivity contribution in [2.24, 2.45) is 0 Å². The Morgan fingerprint density at radius 2 is 2.14 bits per heavy atom. The first kappa shape index (κ1) is 14.0. The number of hydrogen-bond acceptors (Lipinski definition) is 8. The van der Waals surface area contributed by atoms with Crippen molar-refractivity contribution < 1.29 is 24.8 Å². The predicted molar refractivity (Wildman–Crippen MR) is 71.5 cm³/mol. The fourth-order valence-corrected chi connectivity index (χ4v) is 2.49. The molecule has 21 heavy (non-hydrogen) atoms. The average molecular weight is 296 g/mol. The van der Waals surface area contributed by atoms with Crippen LogP contribution in [0, 0.1) is 0 Å². The number of nitrogens with two attached hydrogens (primary N) is 1. The van der Waals surface area contributed by atoms with Crippen molar-refractivity contribution in [3.8, 4) is 5.88 Å². The van der Waals surface area contributed by atoms with E-state index < -0.39 is 31.1 Å². The van der Waals surface area contributed by atoms with Gasteiger partial charge in [0.15, 0.2) is 11.9 Å². The maximum absolute atomic E-state index is 10.1. The molecule has 0 aromatic carbocycles. The lowest BCUT2D eigenvalue weighted by Crippen LogP contribution is -2.33. The first-order valence-corrected chi connectivity index (χ1v) is 6.37. The van der Waals surface area contributed by atoms with Crippen LogP contribution in [-0.4, -0.2) is 61.9 Å². The van der Waals surface area contributed by atoms with Crippen LogP contribution in [0.4, 0.5) is 5.95 Å². The Bertz CT molecular complexity index is 660. The molecule has 0 bridgehead atoms. The van der Waals surface area contributed by atoms with Gasteiger partial charge in [0, 0.05) is 6.20 Å². The highest BCUT2D eigenvalue weighted by Gasteiger charge is 2.43. The van der Waals surface area contributed by atoms with E-state index >= 15 is 0 Å². The molecule has 1 aliphatic rings. The number of fused-ring (bicyclic) bond motifs is 1. The zero-order chi connectivity index (χ0) is 15.1. The van der Waals surface area contributed by atoms with Crippen LogP contribution in [0.15, 0.2) is 12.3 Å². The highest BCUT2D eigenvalue weighted by atomic mass is 16.6. The molecule has 9 heteroatoms. The number of aliphatic hydroxyl groups is 3. The summed E-state index contributed by atoms with van der Waals surface area (Å²) in [4.78, 5) is 8.08. The number of rotatable bonds is 3. The zero-order valence-corrected chi connectivity index (χ0v) is 11.2. The Hall–Kier alpha value is -1.94. The summed E-state index contributed by atoms with van der Waals surface area (Å²) in [6.07, 6.45) is -2.49. The molecule has 0 saturated carbocycles. The number of ether oxygens (including phenoxy) is 2. The van der Waals surface area contributed by atoms with Crippen molar-refractivity contribution in [2.45, 2.75) is 24.5 Å². The van der Waals surface area contributed by atoms with E-state index in [1.54, 1.807) is 12.3 Å². The molecule has 2 aromatic rings. The lowest BCUT2D eigenvalue weighted by molar-refractivity contribution is -0.0508. The van der Waals surface area contributed by atoms with Gasteiger partial charge >= 0.3 is 0 Å². The molecular weight excluding hydrogens is 280 g/mol. The van der Waals surface area contributed by atoms with Crippen molar-refractivity contribution >= 4 is 17.0 Å². The lowest BCUT2D eigenvalue weighted by atomic mass is 10.1. The summed E-state index contributed by atoms with van der Waals surface area (Å²) < 4.78 is 12.1. The van der Waals surface area contributed by atoms with E-state index in [0.717, 1.165) is 0 Å². The quantitative estimate of drug-likeness (QED) is 0.545. The van der Waals surface area contributed by atoms with Gasteiger partial charge in [0.25, 0.3) is 0 Å². The molecule has 3 heterocycles. The fourth-order valence-electron chi connectivity index (χ4n) is 2.49. The highest BCUT2D eigenvalue weighted by molar-refractivity contribution is 5.82. The molecule has 5 N–H and O–H groups in total. The molecule has 9 nitrogen and oxygen atoms in total. The van der Waals surface area contributed by atoms with E-state index in [9.17, 15) is 10.2 Å². The third-order valence-corrected chi connectivity index (χ3v) is 3.54. The fraction of sp³-hybridized carbons (Fsp3) is 0.500. The van der Waals surface area contributed by atoms with E-state index in [2.05, 4.69) is 9.97 Å². The van der Waals surface area contributed by atoms with Crippen LogP contribution in [0.5, 0.6) is 5.88 Å². The molecule has 1 aliphatic heterocycles. The summed E-state index contributed by atoms with van der Waals surface area (Å²) in [5.74, 6) is 0.328. The van der Waals surface area contributed by atoms with Gasteiger partial charge in [-0.15, -0.1) is 0 Å². The molecule has 1 saturated heterocycles. The van der Waals surface area contributed by atoms with Crippen LogP contribution in [0.3, 0.4) is 0 Å². The molecule has 0 spiro atoms. The van der Waals surface area contributed by atoms with Crippen LogP contribution in [0.25, 0.3) is 11.0 Å². The molecule has 3 rings (SSSR count). The van der Waals surface area contributed by atoms with Crippen LogP contribution >= 0.6 is 0 Å². The maximum atomic E-state index is 10.1. The molecule has 4 atom stereocenters. The summed E-state index contributed by atoms with van der Waals surface area (Å²) >= 11 is 0. The monoisotopic (exact) mass is 296 g/mol. The predicted octanol–water partition coefficient (Wildman–Crippen LogP) is -1.37. The van der Waals surface area contributed by atoms with E-state index in [4.69, 9.17) is 20.3 Å². The van der Waals surface area contributed by atoms with Crippen molar-refractivity contribution in [3.63, 3.8) is 0 Å². The molecule has 0 amide bonds. The normalized spacial score (nSPS) is 29.1. The van der Waals surface area contributed by atoms with E-state index in [1.165, 1.54) is 11.7 Å². The minimum Gasteiger partial charge on any atom is -0.480 e. The van der Waals surface area contributed by atoms with Crippen LogP contribution in [0.2, 0.25) is 0 Å². The van der Waals surface area contributed by atoms with Gasteiger partial charge in [0.2, 0.25) is 11.8 Å². The number of nitrogen functional groups attached to an aromatic ring is 1. The summed E-state index contributed by atoms with van der Waals surface area (Å²) in [5.41, 5.74) is 6.05. The maximum Gasteiger partial charge on any atom is 0.227 e. The Morgan fingerprint density at radius 3 is 2.76 bits per heavy atom. The van der Waals surface area contributed by atoms with Crippen LogP contribution in [-0.2, 0) is 4.74 Å². The molecular formula is C12H16N4O5. The highest BCUT2D eigenvalue weighted by Crippen LogP contribution is 2.33. The van der Waals surface area contributed by atoms with Crippen molar-refractivity contribution in [1.82, 2.24) is 14.5 Å². The lowest BCUT2D eigenvalue weighted by Gasteiger charge is -2.17. The number of nitrogens with zero attached hydrogens (tertiary/aromatic N) is 3. The van der Waals surface area contributed by atoms with Crippen molar-refractivity contribution in [2.75, 3.05) is 19.5 Å². The summed E-state index contributed by atoms with van der Waals surface area (Å²) in [7, 11) is 1.46. The molecule has 0 radical (unpaired) electrons. The smallest absolute Gasteiger partial charge is 0.227 e. The van der Waals surface area contributed by atoms with E-state index in [-0.39, 0.29) is 5.95 Å². The van der Waals surface area contributed by atoms with E-state index in [0.29, 0.717) is 16.9 Å². The van der Waals surface area contributed by atoms with Gasteiger partial charge in [0.1, 0.15) is 18.3 Å². The Kier molecular flexibility index (Phi) is 3.41. The first-order chi connectivity index (χ1) is 10.1. The molecule has 1 fully saturated rings. The first-order valence-electron chi connectivity index (χ1n) is 6.37. The van der Waals surface area contributed by atoms with Crippen molar-refractivity contribution in [3.05, 3.63) is 12.3 Å². The topological polar surface area (TPSA) is 136 Å². The minimum atomic E-state index is -1.19. The molecule has 0 aliphatic carbocycles. The molecule has 114 valence electrons. The van der Waals surface area contributed by atoms with Gasteiger partial charge in [0.05, 0.1) is 19.1 Å². The zero-order valence-electron chi connectivity index (χ0n) is 11.2. The van der Waals surface area contributed by atoms with Crippen LogP contribution < -0.4 is 10.5 Å².